The van der Waals surface area contributed by atoms with Crippen LogP contribution in [0.15, 0.2) is 29.7 Å². The van der Waals surface area contributed by atoms with E-state index in [2.05, 4.69) is 15.1 Å². The third kappa shape index (κ3) is 4.20. The largest absolute Gasteiger partial charge is 0.381 e. The van der Waals surface area contributed by atoms with Crippen molar-refractivity contribution in [1.29, 1.82) is 0 Å². The number of aromatic nitrogens is 4. The summed E-state index contributed by atoms with van der Waals surface area (Å²) in [6.45, 7) is 1.29. The van der Waals surface area contributed by atoms with Crippen molar-refractivity contribution < 1.29 is 22.3 Å². The summed E-state index contributed by atoms with van der Waals surface area (Å²) in [5.41, 5.74) is 0.516. The maximum absolute atomic E-state index is 13.4. The number of sulfone groups is 1. The minimum absolute atomic E-state index is 0.00266. The number of ketones is 1. The fraction of sp³-hybridized carbons (Fsp3) is 0.524. The van der Waals surface area contributed by atoms with Gasteiger partial charge in [0, 0.05) is 24.8 Å². The first-order valence-corrected chi connectivity index (χ1v) is 13.1. The Bertz CT molecular complexity index is 1250. The molecule has 1 unspecified atom stereocenters. The Balaban J connectivity index is 1.52. The number of hydrogen-bond acceptors (Lipinski definition) is 8. The third-order valence-electron chi connectivity index (χ3n) is 6.17. The maximum atomic E-state index is 13.4. The molecule has 0 radical (unpaired) electrons. The lowest BCUT2D eigenvalue weighted by Gasteiger charge is -2.26. The van der Waals surface area contributed by atoms with Crippen LogP contribution in [0.5, 0.6) is 0 Å². The van der Waals surface area contributed by atoms with Crippen LogP contribution in [-0.2, 0) is 25.8 Å². The van der Waals surface area contributed by atoms with E-state index >= 15 is 0 Å². The number of ether oxygens (including phenoxy) is 1. The van der Waals surface area contributed by atoms with Gasteiger partial charge < -0.3 is 4.74 Å². The molecule has 5 rings (SSSR count). The second-order valence-corrected chi connectivity index (χ2v) is 11.7. The Morgan fingerprint density at radius 2 is 1.97 bits per heavy atom. The van der Waals surface area contributed by atoms with Crippen molar-refractivity contribution in [3.8, 4) is 0 Å². The molecule has 1 atom stereocenters. The quantitative estimate of drug-likeness (QED) is 0.490. The van der Waals surface area contributed by atoms with Crippen LogP contribution in [0.2, 0.25) is 0 Å². The number of nitrogens with zero attached hydrogens (tertiary/aromatic N) is 4. The molecule has 11 heteroatoms. The average Bonchev–Trinajstić information content (AvgIpc) is 3.46. The Morgan fingerprint density at radius 1 is 1.19 bits per heavy atom. The van der Waals surface area contributed by atoms with Crippen molar-refractivity contribution in [2.75, 3.05) is 13.2 Å². The van der Waals surface area contributed by atoms with E-state index in [1.165, 1.54) is 12.4 Å². The minimum Gasteiger partial charge on any atom is -0.381 e. The van der Waals surface area contributed by atoms with Gasteiger partial charge in [-0.2, -0.15) is 9.49 Å². The SMILES string of the molecule is O=C(Cc1ncc(F)s1)C(CC1CCOCC1)n1ncc2c(S(=O)(=O)C3CC3)cncc21. The number of Topliss-reactive ketones (excluding diaryl/α,β-unsaturated/α-hetero) is 1. The Hall–Kier alpha value is -2.24. The summed E-state index contributed by atoms with van der Waals surface area (Å²) in [6, 6.07) is -0.622. The van der Waals surface area contributed by atoms with Crippen molar-refractivity contribution in [3.63, 3.8) is 0 Å². The highest BCUT2D eigenvalue weighted by Gasteiger charge is 2.39. The molecule has 2 aliphatic rings. The number of carbonyl (C=O) groups excluding carboxylic acids is 1. The number of thiazole rings is 1. The van der Waals surface area contributed by atoms with Gasteiger partial charge in [-0.15, -0.1) is 0 Å². The third-order valence-corrected chi connectivity index (χ3v) is 9.25. The summed E-state index contributed by atoms with van der Waals surface area (Å²) in [5.74, 6) is 0.141. The van der Waals surface area contributed by atoms with E-state index in [4.69, 9.17) is 4.74 Å². The highest BCUT2D eigenvalue weighted by atomic mass is 32.2. The minimum atomic E-state index is -3.47. The van der Waals surface area contributed by atoms with Gasteiger partial charge in [0.25, 0.3) is 0 Å². The van der Waals surface area contributed by atoms with E-state index in [0.717, 1.165) is 30.4 Å². The Morgan fingerprint density at radius 3 is 2.66 bits per heavy atom. The first kappa shape index (κ1) is 21.6. The fourth-order valence-corrected chi connectivity index (χ4v) is 6.71. The van der Waals surface area contributed by atoms with Gasteiger partial charge in [-0.05, 0) is 38.0 Å². The van der Waals surface area contributed by atoms with E-state index in [1.54, 1.807) is 10.9 Å². The number of hydrogen-bond donors (Lipinski definition) is 0. The molecule has 0 aromatic carbocycles. The van der Waals surface area contributed by atoms with E-state index in [-0.39, 0.29) is 28.3 Å². The van der Waals surface area contributed by atoms with E-state index in [1.807, 2.05) is 0 Å². The van der Waals surface area contributed by atoms with Crippen LogP contribution in [0.25, 0.3) is 10.9 Å². The first-order chi connectivity index (χ1) is 15.4. The molecule has 1 aliphatic carbocycles. The van der Waals surface area contributed by atoms with Crippen molar-refractivity contribution >= 4 is 37.9 Å². The van der Waals surface area contributed by atoms with Gasteiger partial charge in [-0.25, -0.2) is 13.4 Å². The summed E-state index contributed by atoms with van der Waals surface area (Å²) in [6.07, 6.45) is 9.09. The van der Waals surface area contributed by atoms with Gasteiger partial charge in [-0.3, -0.25) is 14.5 Å². The van der Waals surface area contributed by atoms with Crippen LogP contribution in [0.4, 0.5) is 4.39 Å². The second kappa shape index (κ2) is 8.60. The summed E-state index contributed by atoms with van der Waals surface area (Å²) < 4.78 is 46.2. The number of carbonyl (C=O) groups is 1. The number of fused-ring (bicyclic) bond motifs is 1. The highest BCUT2D eigenvalue weighted by molar-refractivity contribution is 7.92. The predicted molar refractivity (Wildman–Crippen MR) is 116 cm³/mol. The summed E-state index contributed by atoms with van der Waals surface area (Å²) >= 11 is 0.856. The van der Waals surface area contributed by atoms with Gasteiger partial charge in [0.15, 0.2) is 20.8 Å². The maximum Gasteiger partial charge on any atom is 0.196 e. The van der Waals surface area contributed by atoms with Gasteiger partial charge in [-0.1, -0.05) is 11.3 Å². The van der Waals surface area contributed by atoms with E-state index < -0.39 is 21.0 Å². The van der Waals surface area contributed by atoms with Gasteiger partial charge in [0.1, 0.15) is 11.0 Å². The molecule has 0 bridgehead atoms. The second-order valence-electron chi connectivity index (χ2n) is 8.41. The van der Waals surface area contributed by atoms with Gasteiger partial charge in [0.2, 0.25) is 0 Å². The molecule has 170 valence electrons. The molecule has 0 amide bonds. The van der Waals surface area contributed by atoms with Crippen LogP contribution < -0.4 is 0 Å². The molecule has 1 saturated carbocycles. The smallest absolute Gasteiger partial charge is 0.196 e. The summed E-state index contributed by atoms with van der Waals surface area (Å²) in [4.78, 5) is 21.7. The van der Waals surface area contributed by atoms with E-state index in [9.17, 15) is 17.6 Å². The fourth-order valence-electron chi connectivity index (χ4n) is 4.27. The first-order valence-electron chi connectivity index (χ1n) is 10.7. The summed E-state index contributed by atoms with van der Waals surface area (Å²) in [5, 5.41) is 4.55. The molecule has 8 nitrogen and oxygen atoms in total. The lowest BCUT2D eigenvalue weighted by molar-refractivity contribution is -0.122. The lowest BCUT2D eigenvalue weighted by Crippen LogP contribution is -2.27. The molecular formula is C21H23FN4O4S2. The highest BCUT2D eigenvalue weighted by Crippen LogP contribution is 2.37. The van der Waals surface area contributed by atoms with Crippen LogP contribution in [-0.4, -0.2) is 52.4 Å². The Kier molecular flexibility index (Phi) is 5.81. The molecule has 32 heavy (non-hydrogen) atoms. The monoisotopic (exact) mass is 478 g/mol. The van der Waals surface area contributed by atoms with E-state index in [0.29, 0.717) is 48.4 Å². The Labute approximate surface area is 188 Å². The molecular weight excluding hydrogens is 455 g/mol. The molecule has 4 heterocycles. The lowest BCUT2D eigenvalue weighted by atomic mass is 9.90. The molecule has 2 fully saturated rings. The normalized spacial score (nSPS) is 18.8. The molecule has 1 aliphatic heterocycles. The topological polar surface area (TPSA) is 104 Å². The van der Waals surface area contributed by atoms with Gasteiger partial charge >= 0.3 is 0 Å². The molecule has 3 aromatic heterocycles. The molecule has 0 spiro atoms. The predicted octanol–water partition coefficient (Wildman–Crippen LogP) is 3.13. The molecule has 0 N–H and O–H groups in total. The molecule has 3 aromatic rings. The zero-order valence-corrected chi connectivity index (χ0v) is 18.9. The summed E-state index contributed by atoms with van der Waals surface area (Å²) in [7, 11) is -3.47. The number of pyridine rings is 1. The van der Waals surface area contributed by atoms with Crippen molar-refractivity contribution in [1.82, 2.24) is 19.7 Å². The van der Waals surface area contributed by atoms with Crippen molar-refractivity contribution in [2.45, 2.75) is 54.7 Å². The van der Waals surface area contributed by atoms with Gasteiger partial charge in [0.05, 0.1) is 40.7 Å². The number of halogens is 1. The standard InChI is InChI=1S/C21H23FN4O4S2/c22-20-12-24-21(31-20)8-18(27)16(7-13-3-5-30-6-4-13)26-17-10-23-11-19(15(17)9-25-26)32(28,29)14-1-2-14/h9-14,16H,1-8H2. The van der Waals surface area contributed by atoms with Crippen LogP contribution >= 0.6 is 11.3 Å². The number of rotatable bonds is 8. The van der Waals surface area contributed by atoms with Crippen LogP contribution in [0, 0.1) is 11.0 Å². The molecule has 1 saturated heterocycles. The van der Waals surface area contributed by atoms with Crippen LogP contribution in [0.3, 0.4) is 0 Å². The average molecular weight is 479 g/mol. The zero-order chi connectivity index (χ0) is 22.3. The zero-order valence-electron chi connectivity index (χ0n) is 17.3. The van der Waals surface area contributed by atoms with Crippen LogP contribution in [0.1, 0.15) is 43.2 Å². The van der Waals surface area contributed by atoms with Crippen molar-refractivity contribution in [2.24, 2.45) is 5.92 Å². The van der Waals surface area contributed by atoms with Crippen molar-refractivity contribution in [3.05, 3.63) is 34.9 Å².